The van der Waals surface area contributed by atoms with Crippen molar-refractivity contribution < 1.29 is 4.39 Å². The summed E-state index contributed by atoms with van der Waals surface area (Å²) in [5.41, 5.74) is 6.88. The summed E-state index contributed by atoms with van der Waals surface area (Å²) in [6.45, 7) is 3.70. The average Bonchev–Trinajstić information content (AvgIpc) is 2.30. The van der Waals surface area contributed by atoms with Gasteiger partial charge in [0, 0.05) is 17.1 Å². The summed E-state index contributed by atoms with van der Waals surface area (Å²) in [6, 6.07) is 4.91. The second kappa shape index (κ2) is 7.09. The molecule has 0 fully saturated rings. The van der Waals surface area contributed by atoms with Crippen LogP contribution in [0.2, 0.25) is 0 Å². The van der Waals surface area contributed by atoms with Crippen LogP contribution in [-0.2, 0) is 0 Å². The van der Waals surface area contributed by atoms with E-state index < -0.39 is 0 Å². The molecule has 1 aromatic rings. The molecule has 0 bridgehead atoms. The van der Waals surface area contributed by atoms with Gasteiger partial charge in [-0.1, -0.05) is 35.3 Å². The van der Waals surface area contributed by atoms with Crippen LogP contribution in [0.3, 0.4) is 0 Å². The molecule has 0 heterocycles. The number of likely N-dealkylation sites (N-methyl/N-ethyl adjacent to an activating group) is 1. The van der Waals surface area contributed by atoms with E-state index >= 15 is 0 Å². The van der Waals surface area contributed by atoms with Gasteiger partial charge in [0.05, 0.1) is 0 Å². The zero-order valence-electron chi connectivity index (χ0n) is 10.4. The van der Waals surface area contributed by atoms with Gasteiger partial charge in [-0.05, 0) is 37.7 Å². The molecule has 1 aromatic carbocycles. The first-order valence-electron chi connectivity index (χ1n) is 5.95. The van der Waals surface area contributed by atoms with Crippen LogP contribution in [0.5, 0.6) is 0 Å². The van der Waals surface area contributed by atoms with Crippen molar-refractivity contribution in [3.05, 3.63) is 34.1 Å². The molecule has 0 saturated carbocycles. The van der Waals surface area contributed by atoms with Gasteiger partial charge in [0.15, 0.2) is 0 Å². The van der Waals surface area contributed by atoms with E-state index in [1.807, 2.05) is 0 Å². The number of unbranched alkanes of at least 4 members (excludes halogenated alkanes) is 1. The van der Waals surface area contributed by atoms with E-state index in [9.17, 15) is 4.39 Å². The van der Waals surface area contributed by atoms with Crippen LogP contribution in [0.15, 0.2) is 22.7 Å². The quantitative estimate of drug-likeness (QED) is 0.873. The van der Waals surface area contributed by atoms with Crippen LogP contribution >= 0.6 is 15.9 Å². The lowest BCUT2D eigenvalue weighted by Crippen LogP contribution is -2.31. The molecule has 0 amide bonds. The third-order valence-electron chi connectivity index (χ3n) is 2.94. The van der Waals surface area contributed by atoms with Crippen molar-refractivity contribution in [2.24, 2.45) is 5.73 Å². The third kappa shape index (κ3) is 4.05. The molecular formula is C13H20BrFN2. The van der Waals surface area contributed by atoms with Gasteiger partial charge in [0.1, 0.15) is 5.82 Å². The van der Waals surface area contributed by atoms with E-state index in [0.717, 1.165) is 29.4 Å². The van der Waals surface area contributed by atoms with Gasteiger partial charge in [-0.3, -0.25) is 4.90 Å². The van der Waals surface area contributed by atoms with E-state index in [4.69, 9.17) is 5.73 Å². The van der Waals surface area contributed by atoms with Crippen LogP contribution in [0.25, 0.3) is 0 Å². The Hall–Kier alpha value is -0.450. The van der Waals surface area contributed by atoms with Crippen LogP contribution < -0.4 is 5.73 Å². The Morgan fingerprint density at radius 1 is 1.47 bits per heavy atom. The first-order chi connectivity index (χ1) is 8.10. The van der Waals surface area contributed by atoms with Crippen molar-refractivity contribution in [1.82, 2.24) is 4.90 Å². The minimum absolute atomic E-state index is 0.136. The highest BCUT2D eigenvalue weighted by atomic mass is 79.9. The van der Waals surface area contributed by atoms with E-state index in [0.29, 0.717) is 6.54 Å². The number of benzene rings is 1. The average molecular weight is 303 g/mol. The molecule has 2 nitrogen and oxygen atoms in total. The number of hydrogen-bond acceptors (Lipinski definition) is 2. The summed E-state index contributed by atoms with van der Waals surface area (Å²) in [5.74, 6) is -0.229. The predicted octanol–water partition coefficient (Wildman–Crippen LogP) is 3.32. The van der Waals surface area contributed by atoms with E-state index in [2.05, 4.69) is 34.8 Å². The van der Waals surface area contributed by atoms with Gasteiger partial charge >= 0.3 is 0 Å². The minimum Gasteiger partial charge on any atom is -0.329 e. The molecule has 0 spiro atoms. The largest absolute Gasteiger partial charge is 0.329 e. The summed E-state index contributed by atoms with van der Waals surface area (Å²) in [7, 11) is 2.06. The van der Waals surface area contributed by atoms with Crippen molar-refractivity contribution in [1.29, 1.82) is 0 Å². The highest BCUT2D eigenvalue weighted by Crippen LogP contribution is 2.27. The smallest absolute Gasteiger partial charge is 0.124 e. The minimum atomic E-state index is -0.229. The first kappa shape index (κ1) is 14.6. The summed E-state index contributed by atoms with van der Waals surface area (Å²) in [4.78, 5) is 2.22. The number of rotatable bonds is 6. The summed E-state index contributed by atoms with van der Waals surface area (Å²) in [6.07, 6.45) is 2.30. The van der Waals surface area contributed by atoms with Gasteiger partial charge in [-0.25, -0.2) is 4.39 Å². The lowest BCUT2D eigenvalue weighted by molar-refractivity contribution is 0.245. The zero-order valence-corrected chi connectivity index (χ0v) is 12.0. The van der Waals surface area contributed by atoms with Crippen LogP contribution in [0.4, 0.5) is 4.39 Å². The second-order valence-electron chi connectivity index (χ2n) is 4.25. The van der Waals surface area contributed by atoms with Crippen molar-refractivity contribution in [3.8, 4) is 0 Å². The highest BCUT2D eigenvalue weighted by Gasteiger charge is 2.17. The summed E-state index contributed by atoms with van der Waals surface area (Å²) in [5, 5.41) is 0. The number of hydrogen-bond donors (Lipinski definition) is 1. The first-order valence-corrected chi connectivity index (χ1v) is 6.74. The molecule has 1 rings (SSSR count). The lowest BCUT2D eigenvalue weighted by Gasteiger charge is -2.28. The Bertz CT molecular complexity index is 357. The van der Waals surface area contributed by atoms with Crippen LogP contribution in [0.1, 0.15) is 31.4 Å². The molecule has 4 heteroatoms. The Balaban J connectivity index is 2.85. The molecule has 0 aliphatic heterocycles. The maximum atomic E-state index is 13.0. The monoisotopic (exact) mass is 302 g/mol. The van der Waals surface area contributed by atoms with E-state index in [1.165, 1.54) is 12.1 Å². The Morgan fingerprint density at radius 2 is 2.18 bits per heavy atom. The molecule has 2 N–H and O–H groups in total. The molecular weight excluding hydrogens is 283 g/mol. The fraction of sp³-hybridized carbons (Fsp3) is 0.538. The third-order valence-corrected chi connectivity index (χ3v) is 3.63. The topological polar surface area (TPSA) is 29.3 Å². The maximum Gasteiger partial charge on any atom is 0.124 e. The molecule has 0 aliphatic rings. The lowest BCUT2D eigenvalue weighted by atomic mass is 10.1. The zero-order chi connectivity index (χ0) is 12.8. The molecule has 96 valence electrons. The number of nitrogens with zero attached hydrogens (tertiary/aromatic N) is 1. The van der Waals surface area contributed by atoms with Gasteiger partial charge in [-0.2, -0.15) is 0 Å². The normalized spacial score (nSPS) is 13.1. The maximum absolute atomic E-state index is 13.0. The van der Waals surface area contributed by atoms with Gasteiger partial charge in [0.2, 0.25) is 0 Å². The number of nitrogens with two attached hydrogens (primary N) is 1. The molecule has 0 saturated heterocycles. The highest BCUT2D eigenvalue weighted by molar-refractivity contribution is 9.10. The van der Waals surface area contributed by atoms with E-state index in [1.54, 1.807) is 6.07 Å². The van der Waals surface area contributed by atoms with Gasteiger partial charge in [0.25, 0.3) is 0 Å². The Labute approximate surface area is 111 Å². The fourth-order valence-corrected chi connectivity index (χ4v) is 2.49. The standard InChI is InChI=1S/C13H20BrFN2/c1-3-4-7-17(2)13(9-16)11-6-5-10(15)8-12(11)14/h5-6,8,13H,3-4,7,9,16H2,1-2H3. The molecule has 0 radical (unpaired) electrons. The fourth-order valence-electron chi connectivity index (χ4n) is 1.88. The van der Waals surface area contributed by atoms with E-state index in [-0.39, 0.29) is 11.9 Å². The van der Waals surface area contributed by atoms with Crippen molar-refractivity contribution in [2.75, 3.05) is 20.1 Å². The van der Waals surface area contributed by atoms with Crippen LogP contribution in [-0.4, -0.2) is 25.0 Å². The summed E-state index contributed by atoms with van der Waals surface area (Å²) >= 11 is 3.40. The number of halogens is 2. The van der Waals surface area contributed by atoms with Crippen LogP contribution in [0, 0.1) is 5.82 Å². The predicted molar refractivity (Wildman–Crippen MR) is 73.4 cm³/mol. The molecule has 1 unspecified atom stereocenters. The Kier molecular flexibility index (Phi) is 6.09. The molecule has 1 atom stereocenters. The second-order valence-corrected chi connectivity index (χ2v) is 5.11. The van der Waals surface area contributed by atoms with Crippen molar-refractivity contribution >= 4 is 15.9 Å². The molecule has 0 aromatic heterocycles. The van der Waals surface area contributed by atoms with Gasteiger partial charge < -0.3 is 5.73 Å². The molecule has 17 heavy (non-hydrogen) atoms. The SMILES string of the molecule is CCCCN(C)C(CN)c1ccc(F)cc1Br. The molecule has 0 aliphatic carbocycles. The van der Waals surface area contributed by atoms with Crippen molar-refractivity contribution in [3.63, 3.8) is 0 Å². The summed E-state index contributed by atoms with van der Waals surface area (Å²) < 4.78 is 13.8. The van der Waals surface area contributed by atoms with Gasteiger partial charge in [-0.15, -0.1) is 0 Å². The Morgan fingerprint density at radius 3 is 2.71 bits per heavy atom. The van der Waals surface area contributed by atoms with Crippen molar-refractivity contribution in [2.45, 2.75) is 25.8 Å².